The average Bonchev–Trinajstić information content (AvgIpc) is 3.16. The number of imidazole rings is 1. The van der Waals surface area contributed by atoms with Gasteiger partial charge in [-0.25, -0.2) is 22.9 Å². The van der Waals surface area contributed by atoms with E-state index in [4.69, 9.17) is 0 Å². The van der Waals surface area contributed by atoms with Crippen molar-refractivity contribution in [2.45, 2.75) is 36.9 Å². The Morgan fingerprint density at radius 2 is 2.00 bits per heavy atom. The van der Waals surface area contributed by atoms with Crippen LogP contribution in [-0.4, -0.2) is 40.3 Å². The van der Waals surface area contributed by atoms with Crippen LogP contribution in [0.2, 0.25) is 0 Å². The van der Waals surface area contributed by atoms with Crippen LogP contribution in [0.3, 0.4) is 0 Å². The summed E-state index contributed by atoms with van der Waals surface area (Å²) in [6.07, 6.45) is 3.13. The highest BCUT2D eigenvalue weighted by atomic mass is 32.2. The standard InChI is InChI=1S/C20H26N6O3S2/c1-5-6-12-21-19(27)24-31(28,29)13-11-15-14(2)23-26(4)18(15)30-20-22-16-9-7-8-10-17(16)25(20)3/h7-11,13H,5-6,12H2,1-4H3,(H2,21,24,27)/b13-11+. The van der Waals surface area contributed by atoms with Crippen LogP contribution >= 0.6 is 11.8 Å². The molecule has 3 rings (SSSR count). The molecule has 9 nitrogen and oxygen atoms in total. The fourth-order valence-corrected chi connectivity index (χ4v) is 4.77. The molecule has 0 bridgehead atoms. The van der Waals surface area contributed by atoms with Crippen LogP contribution in [0.1, 0.15) is 31.0 Å². The van der Waals surface area contributed by atoms with Gasteiger partial charge in [-0.3, -0.25) is 4.68 Å². The molecule has 0 radical (unpaired) electrons. The number of rotatable bonds is 8. The molecule has 1 aromatic carbocycles. The van der Waals surface area contributed by atoms with E-state index < -0.39 is 16.1 Å². The molecule has 0 unspecified atom stereocenters. The Hall–Kier alpha value is -2.79. The number of benzene rings is 1. The summed E-state index contributed by atoms with van der Waals surface area (Å²) in [5.74, 6) is 0. The SMILES string of the molecule is CCCCNC(=O)NS(=O)(=O)/C=C/c1c(C)nn(C)c1Sc1nc2ccccc2n1C. The second kappa shape index (κ2) is 9.56. The van der Waals surface area contributed by atoms with E-state index in [-0.39, 0.29) is 0 Å². The minimum absolute atomic E-state index is 0.419. The van der Waals surface area contributed by atoms with E-state index >= 15 is 0 Å². The molecule has 0 spiro atoms. The zero-order chi connectivity index (χ0) is 22.6. The van der Waals surface area contributed by atoms with Crippen molar-refractivity contribution >= 4 is 44.9 Å². The maximum Gasteiger partial charge on any atom is 0.328 e. The van der Waals surface area contributed by atoms with Crippen molar-refractivity contribution in [2.24, 2.45) is 14.1 Å². The average molecular weight is 463 g/mol. The maximum absolute atomic E-state index is 12.3. The molecule has 11 heteroatoms. The Bertz CT molecular complexity index is 1230. The summed E-state index contributed by atoms with van der Waals surface area (Å²) >= 11 is 1.40. The van der Waals surface area contributed by atoms with Gasteiger partial charge in [0, 0.05) is 26.2 Å². The van der Waals surface area contributed by atoms with Crippen LogP contribution in [0.4, 0.5) is 4.79 Å². The smallest absolute Gasteiger partial charge is 0.328 e. The number of carbonyl (C=O) groups excluding carboxylic acids is 1. The Morgan fingerprint density at radius 1 is 1.26 bits per heavy atom. The highest BCUT2D eigenvalue weighted by molar-refractivity contribution is 7.99. The molecule has 2 heterocycles. The number of aryl methyl sites for hydroxylation is 3. The van der Waals surface area contributed by atoms with Crippen molar-refractivity contribution < 1.29 is 13.2 Å². The third-order valence-corrected chi connectivity index (χ3v) is 6.80. The van der Waals surface area contributed by atoms with Gasteiger partial charge >= 0.3 is 6.03 Å². The Kier molecular flexibility index (Phi) is 7.06. The lowest BCUT2D eigenvalue weighted by atomic mass is 10.3. The first-order chi connectivity index (χ1) is 14.7. The number of hydrogen-bond acceptors (Lipinski definition) is 6. The summed E-state index contributed by atoms with van der Waals surface area (Å²) in [4.78, 5) is 16.4. The zero-order valence-corrected chi connectivity index (χ0v) is 19.5. The van der Waals surface area contributed by atoms with Gasteiger partial charge < -0.3 is 9.88 Å². The van der Waals surface area contributed by atoms with Crippen molar-refractivity contribution in [1.82, 2.24) is 29.4 Å². The fraction of sp³-hybridized carbons (Fsp3) is 0.350. The summed E-state index contributed by atoms with van der Waals surface area (Å²) in [6.45, 7) is 4.21. The lowest BCUT2D eigenvalue weighted by molar-refractivity contribution is 0.246. The van der Waals surface area contributed by atoms with Gasteiger partial charge in [0.15, 0.2) is 5.16 Å². The Labute approximate surface area is 186 Å². The summed E-state index contributed by atoms with van der Waals surface area (Å²) in [6, 6.07) is 7.08. The molecule has 0 saturated carbocycles. The quantitative estimate of drug-likeness (QED) is 0.498. The molecule has 0 aliphatic heterocycles. The van der Waals surface area contributed by atoms with Crippen LogP contribution in [-0.2, 0) is 24.1 Å². The van der Waals surface area contributed by atoms with Crippen LogP contribution < -0.4 is 10.0 Å². The molecule has 3 aromatic rings. The number of unbranched alkanes of at least 4 members (excludes halogenated alkanes) is 1. The summed E-state index contributed by atoms with van der Waals surface area (Å²) in [7, 11) is -0.224. The number of sulfonamides is 1. The molecular formula is C20H26N6O3S2. The maximum atomic E-state index is 12.3. The van der Waals surface area contributed by atoms with Gasteiger partial charge in [0.2, 0.25) is 0 Å². The zero-order valence-electron chi connectivity index (χ0n) is 17.9. The van der Waals surface area contributed by atoms with Gasteiger partial charge in [-0.15, -0.1) is 0 Å². The number of urea groups is 1. The number of carbonyl (C=O) groups is 1. The first-order valence-corrected chi connectivity index (χ1v) is 12.2. The van der Waals surface area contributed by atoms with E-state index in [1.165, 1.54) is 17.8 Å². The molecule has 0 fully saturated rings. The van der Waals surface area contributed by atoms with Crippen LogP contribution in [0.15, 0.2) is 39.9 Å². The predicted octanol–water partition coefficient (Wildman–Crippen LogP) is 3.17. The van der Waals surface area contributed by atoms with Crippen LogP contribution in [0.25, 0.3) is 17.1 Å². The van der Waals surface area contributed by atoms with E-state index in [1.807, 2.05) is 47.5 Å². The first kappa shape index (κ1) is 22.9. The molecule has 2 N–H and O–H groups in total. The molecule has 0 aliphatic rings. The Balaban J connectivity index is 1.82. The van der Waals surface area contributed by atoms with Gasteiger partial charge in [-0.1, -0.05) is 25.5 Å². The Morgan fingerprint density at radius 3 is 2.71 bits per heavy atom. The number of fused-ring (bicyclic) bond motifs is 1. The normalized spacial score (nSPS) is 12.0. The van der Waals surface area contributed by atoms with E-state index in [2.05, 4.69) is 15.4 Å². The number of nitrogens with one attached hydrogen (secondary N) is 2. The second-order valence-corrected chi connectivity index (χ2v) is 9.55. The summed E-state index contributed by atoms with van der Waals surface area (Å²) in [5.41, 5.74) is 3.20. The highest BCUT2D eigenvalue weighted by Crippen LogP contribution is 2.33. The van der Waals surface area contributed by atoms with Crippen molar-refractivity contribution in [2.75, 3.05) is 6.54 Å². The first-order valence-electron chi connectivity index (χ1n) is 9.83. The van der Waals surface area contributed by atoms with E-state index in [0.29, 0.717) is 17.8 Å². The number of amides is 2. The molecule has 0 saturated heterocycles. The predicted molar refractivity (Wildman–Crippen MR) is 122 cm³/mol. The lowest BCUT2D eigenvalue weighted by Gasteiger charge is -2.06. The van der Waals surface area contributed by atoms with Gasteiger partial charge in [-0.2, -0.15) is 5.10 Å². The van der Waals surface area contributed by atoms with Gasteiger partial charge in [0.1, 0.15) is 5.03 Å². The molecular weight excluding hydrogens is 436 g/mol. The highest BCUT2D eigenvalue weighted by Gasteiger charge is 2.18. The van der Waals surface area contributed by atoms with Crippen LogP contribution in [0.5, 0.6) is 0 Å². The van der Waals surface area contributed by atoms with Crippen LogP contribution in [0, 0.1) is 6.92 Å². The lowest BCUT2D eigenvalue weighted by Crippen LogP contribution is -2.38. The molecule has 0 atom stereocenters. The number of hydrogen-bond donors (Lipinski definition) is 2. The number of para-hydroxylation sites is 2. The topological polar surface area (TPSA) is 111 Å². The molecule has 166 valence electrons. The van der Waals surface area contributed by atoms with E-state index in [9.17, 15) is 13.2 Å². The molecule has 0 aliphatic carbocycles. The van der Waals surface area contributed by atoms with Gasteiger partial charge in [-0.05, 0) is 43.3 Å². The molecule has 2 amide bonds. The third kappa shape index (κ3) is 5.47. The summed E-state index contributed by atoms with van der Waals surface area (Å²) in [5, 5.41) is 9.42. The number of aromatic nitrogens is 4. The van der Waals surface area contributed by atoms with Crippen molar-refractivity contribution in [1.29, 1.82) is 0 Å². The van der Waals surface area contributed by atoms with E-state index in [0.717, 1.165) is 39.5 Å². The fourth-order valence-electron chi connectivity index (χ4n) is 3.00. The monoisotopic (exact) mass is 462 g/mol. The van der Waals surface area contributed by atoms with Crippen molar-refractivity contribution in [3.8, 4) is 0 Å². The molecule has 2 aromatic heterocycles. The molecule has 31 heavy (non-hydrogen) atoms. The summed E-state index contributed by atoms with van der Waals surface area (Å²) < 4.78 is 30.3. The third-order valence-electron chi connectivity index (χ3n) is 4.61. The minimum atomic E-state index is -3.95. The van der Waals surface area contributed by atoms with Gasteiger partial charge in [0.05, 0.1) is 22.1 Å². The largest absolute Gasteiger partial charge is 0.337 e. The minimum Gasteiger partial charge on any atom is -0.337 e. The van der Waals surface area contributed by atoms with E-state index in [1.54, 1.807) is 18.7 Å². The van der Waals surface area contributed by atoms with Gasteiger partial charge in [0.25, 0.3) is 10.0 Å². The second-order valence-electron chi connectivity index (χ2n) is 7.03. The van der Waals surface area contributed by atoms with Crippen molar-refractivity contribution in [3.05, 3.63) is 40.9 Å². The van der Waals surface area contributed by atoms with Crippen molar-refractivity contribution in [3.63, 3.8) is 0 Å². The number of nitrogens with zero attached hydrogens (tertiary/aromatic N) is 4.